The van der Waals surface area contributed by atoms with Crippen LogP contribution >= 0.6 is 0 Å². The van der Waals surface area contributed by atoms with Crippen LogP contribution in [0, 0.1) is 5.92 Å². The number of rotatable bonds is 8. The predicted octanol–water partition coefficient (Wildman–Crippen LogP) is 5.13. The van der Waals surface area contributed by atoms with Gasteiger partial charge in [-0.1, -0.05) is 44.4 Å². The highest BCUT2D eigenvalue weighted by Crippen LogP contribution is 2.43. The van der Waals surface area contributed by atoms with Gasteiger partial charge in [0.15, 0.2) is 0 Å². The van der Waals surface area contributed by atoms with Gasteiger partial charge in [0.2, 0.25) is 0 Å². The van der Waals surface area contributed by atoms with Crippen LogP contribution in [0.15, 0.2) is 30.3 Å². The maximum Gasteiger partial charge on any atom is 0.420 e. The summed E-state index contributed by atoms with van der Waals surface area (Å²) in [6, 6.07) is 7.20. The van der Waals surface area contributed by atoms with Crippen molar-refractivity contribution in [3.8, 4) is 5.75 Å². The fourth-order valence-corrected chi connectivity index (χ4v) is 4.45. The largest absolute Gasteiger partial charge is 0.490 e. The van der Waals surface area contributed by atoms with E-state index in [1.54, 1.807) is 6.07 Å². The molecule has 0 heterocycles. The summed E-state index contributed by atoms with van der Waals surface area (Å²) in [5.41, 5.74) is 4.14. The van der Waals surface area contributed by atoms with Gasteiger partial charge in [-0.2, -0.15) is 13.2 Å². The lowest BCUT2D eigenvalue weighted by Crippen LogP contribution is -2.44. The number of nitrogens with two attached hydrogens (primary N) is 1. The molecule has 0 aromatic heterocycles. The maximum atomic E-state index is 14.0. The number of fused-ring (bicyclic) bond motifs is 1. The molecule has 3 rings (SSSR count). The molecule has 1 aliphatic rings. The van der Waals surface area contributed by atoms with Gasteiger partial charge in [-0.3, -0.25) is 0 Å². The predicted molar refractivity (Wildman–Crippen MR) is 115 cm³/mol. The van der Waals surface area contributed by atoms with Crippen LogP contribution in [0.3, 0.4) is 0 Å². The van der Waals surface area contributed by atoms with E-state index in [9.17, 15) is 23.4 Å². The fourth-order valence-electron chi connectivity index (χ4n) is 4.45. The molecule has 0 spiro atoms. The first-order valence-electron chi connectivity index (χ1n) is 11.0. The molecule has 0 atom stereocenters. The zero-order valence-electron chi connectivity index (χ0n) is 17.9. The van der Waals surface area contributed by atoms with Crippen molar-refractivity contribution < 1.29 is 28.1 Å². The van der Waals surface area contributed by atoms with Crippen molar-refractivity contribution >= 4 is 10.8 Å². The molecule has 4 nitrogen and oxygen atoms in total. The third kappa shape index (κ3) is 5.33. The lowest BCUT2D eigenvalue weighted by Gasteiger charge is -2.30. The summed E-state index contributed by atoms with van der Waals surface area (Å²) in [7, 11) is 0. The minimum absolute atomic E-state index is 0.0172. The van der Waals surface area contributed by atoms with Crippen molar-refractivity contribution in [3.63, 3.8) is 0 Å². The van der Waals surface area contributed by atoms with Crippen LogP contribution in [0.25, 0.3) is 10.8 Å². The average molecular weight is 440 g/mol. The highest BCUT2D eigenvalue weighted by Gasteiger charge is 2.38. The summed E-state index contributed by atoms with van der Waals surface area (Å²) in [6.07, 6.45) is 2.26. The zero-order valence-corrected chi connectivity index (χ0v) is 17.9. The minimum atomic E-state index is -4.58. The van der Waals surface area contributed by atoms with E-state index in [1.165, 1.54) is 37.1 Å². The molecule has 2 aromatic carbocycles. The van der Waals surface area contributed by atoms with Crippen molar-refractivity contribution in [2.45, 2.75) is 69.7 Å². The molecule has 0 saturated heterocycles. The topological polar surface area (TPSA) is 75.7 Å². The number of benzene rings is 2. The van der Waals surface area contributed by atoms with E-state index >= 15 is 0 Å². The van der Waals surface area contributed by atoms with E-state index < -0.39 is 30.5 Å². The van der Waals surface area contributed by atoms with E-state index in [2.05, 4.69) is 6.92 Å². The second-order valence-corrected chi connectivity index (χ2v) is 8.75. The Labute approximate surface area is 181 Å². The Morgan fingerprint density at radius 3 is 2.29 bits per heavy atom. The second kappa shape index (κ2) is 9.76. The monoisotopic (exact) mass is 439 g/mol. The number of ether oxygens (including phenoxy) is 1. The molecule has 1 aliphatic carbocycles. The number of hydrogen-bond acceptors (Lipinski definition) is 4. The molecule has 0 bridgehead atoms. The summed E-state index contributed by atoms with van der Waals surface area (Å²) in [4.78, 5) is 0. The van der Waals surface area contributed by atoms with Crippen molar-refractivity contribution in [1.82, 2.24) is 0 Å². The summed E-state index contributed by atoms with van der Waals surface area (Å²) in [5, 5.41) is 19.4. The van der Waals surface area contributed by atoms with Gasteiger partial charge in [-0.15, -0.1) is 0 Å². The van der Waals surface area contributed by atoms with E-state index in [-0.39, 0.29) is 17.2 Å². The molecule has 7 heteroatoms. The minimum Gasteiger partial charge on any atom is -0.490 e. The fraction of sp³-hybridized carbons (Fsp3) is 0.583. The molecule has 0 aliphatic heterocycles. The van der Waals surface area contributed by atoms with Crippen molar-refractivity contribution in [2.24, 2.45) is 11.7 Å². The van der Waals surface area contributed by atoms with Crippen LogP contribution in [0.2, 0.25) is 0 Å². The third-order valence-electron chi connectivity index (χ3n) is 6.46. The highest BCUT2D eigenvalue weighted by molar-refractivity contribution is 5.89. The molecule has 1 saturated carbocycles. The zero-order chi connectivity index (χ0) is 22.6. The van der Waals surface area contributed by atoms with Gasteiger partial charge in [0.05, 0.1) is 24.9 Å². The quantitative estimate of drug-likeness (QED) is 0.533. The highest BCUT2D eigenvalue weighted by atomic mass is 19.4. The number of hydrogen-bond donors (Lipinski definition) is 3. The van der Waals surface area contributed by atoms with Crippen LogP contribution in [0.4, 0.5) is 13.2 Å². The van der Waals surface area contributed by atoms with Crippen LogP contribution < -0.4 is 10.5 Å². The van der Waals surface area contributed by atoms with Crippen LogP contribution in [0.1, 0.15) is 63.0 Å². The molecule has 4 N–H and O–H groups in total. The molecule has 31 heavy (non-hydrogen) atoms. The maximum absolute atomic E-state index is 14.0. The second-order valence-electron chi connectivity index (χ2n) is 8.75. The van der Waals surface area contributed by atoms with Gasteiger partial charge < -0.3 is 20.7 Å². The van der Waals surface area contributed by atoms with E-state index in [0.717, 1.165) is 32.1 Å². The van der Waals surface area contributed by atoms with Gasteiger partial charge in [-0.25, -0.2) is 0 Å². The first kappa shape index (κ1) is 23.8. The Hall–Kier alpha value is -1.83. The summed E-state index contributed by atoms with van der Waals surface area (Å²) >= 11 is 0. The van der Waals surface area contributed by atoms with E-state index in [0.29, 0.717) is 16.9 Å². The van der Waals surface area contributed by atoms with Crippen molar-refractivity contribution in [2.75, 3.05) is 13.2 Å². The summed E-state index contributed by atoms with van der Waals surface area (Å²) in [5.74, 6) is 0.500. The Balaban J connectivity index is 1.89. The molecule has 1 fully saturated rings. The lowest BCUT2D eigenvalue weighted by molar-refractivity contribution is -0.138. The molecule has 0 radical (unpaired) electrons. The standard InChI is InChI=1S/C24H32F3NO3/c1-2-3-4-16-5-9-19(10-6-16)31-21-12-7-17-13-18(23(28,14-29)15-30)8-11-20(17)22(21)24(25,26)27/h7-8,11-13,16,19,29-30H,2-6,9-10,14-15,28H2,1H3. The van der Waals surface area contributed by atoms with Crippen LogP contribution in [-0.2, 0) is 11.7 Å². The van der Waals surface area contributed by atoms with E-state index in [4.69, 9.17) is 10.5 Å². The number of halogens is 3. The van der Waals surface area contributed by atoms with Crippen molar-refractivity contribution in [1.29, 1.82) is 0 Å². The van der Waals surface area contributed by atoms with E-state index in [1.807, 2.05) is 0 Å². The lowest BCUT2D eigenvalue weighted by atomic mass is 9.84. The van der Waals surface area contributed by atoms with Gasteiger partial charge in [-0.05, 0) is 60.1 Å². The molecular weight excluding hydrogens is 407 g/mol. The number of alkyl halides is 3. The Bertz CT molecular complexity index is 872. The first-order valence-corrected chi connectivity index (χ1v) is 11.0. The van der Waals surface area contributed by atoms with Gasteiger partial charge in [0, 0.05) is 0 Å². The molecule has 2 aromatic rings. The third-order valence-corrected chi connectivity index (χ3v) is 6.46. The summed E-state index contributed by atoms with van der Waals surface area (Å²) < 4.78 is 47.9. The first-order chi connectivity index (χ1) is 14.7. The van der Waals surface area contributed by atoms with Crippen molar-refractivity contribution in [3.05, 3.63) is 41.5 Å². The van der Waals surface area contributed by atoms with Crippen LogP contribution in [-0.4, -0.2) is 29.5 Å². The molecule has 0 amide bonds. The normalized spacial score (nSPS) is 20.2. The van der Waals surface area contributed by atoms with Gasteiger partial charge in [0.25, 0.3) is 0 Å². The average Bonchev–Trinajstić information content (AvgIpc) is 2.76. The van der Waals surface area contributed by atoms with Gasteiger partial charge >= 0.3 is 6.18 Å². The SMILES string of the molecule is CCCCC1CCC(Oc2ccc3cc(C(N)(CO)CO)ccc3c2C(F)(F)F)CC1. The summed E-state index contributed by atoms with van der Waals surface area (Å²) in [6.45, 7) is 1.11. The number of aliphatic hydroxyl groups is 2. The number of aliphatic hydroxyl groups excluding tert-OH is 2. The Kier molecular flexibility index (Phi) is 7.50. The Morgan fingerprint density at radius 2 is 1.71 bits per heavy atom. The smallest absolute Gasteiger partial charge is 0.420 e. The molecule has 0 unspecified atom stereocenters. The molecular formula is C24H32F3NO3. The van der Waals surface area contributed by atoms with Crippen LogP contribution in [0.5, 0.6) is 5.75 Å². The van der Waals surface area contributed by atoms with Gasteiger partial charge in [0.1, 0.15) is 11.3 Å². The Morgan fingerprint density at radius 1 is 1.03 bits per heavy atom. The molecule has 172 valence electrons. The number of unbranched alkanes of at least 4 members (excludes halogenated alkanes) is 1.